The SMILES string of the molecule is Cc1cccc(Cn2ncc3c4sc(C)cc4n(C)c3c2=O)c1. The largest absolute Gasteiger partial charge is 0.338 e. The Kier molecular flexibility index (Phi) is 3.13. The van der Waals surface area contributed by atoms with Crippen LogP contribution < -0.4 is 5.56 Å². The van der Waals surface area contributed by atoms with Crippen molar-refractivity contribution in [2.45, 2.75) is 20.4 Å². The maximum absolute atomic E-state index is 12.9. The number of aromatic nitrogens is 3. The van der Waals surface area contributed by atoms with Gasteiger partial charge in [-0.2, -0.15) is 5.10 Å². The minimum atomic E-state index is -0.0347. The number of thiophene rings is 1. The number of hydrogen-bond acceptors (Lipinski definition) is 3. The predicted octanol–water partition coefficient (Wildman–Crippen LogP) is 3.61. The van der Waals surface area contributed by atoms with Crippen LogP contribution in [-0.2, 0) is 13.6 Å². The first kappa shape index (κ1) is 14.2. The first-order chi connectivity index (χ1) is 11.0. The molecule has 0 aliphatic rings. The standard InChI is InChI=1S/C18H17N3OS/c1-11-5-4-6-13(7-11)10-21-18(22)16-14(9-19-21)17-15(20(16)3)8-12(2)23-17/h4-9H,10H2,1-3H3. The van der Waals surface area contributed by atoms with Crippen molar-refractivity contribution >= 4 is 32.5 Å². The predicted molar refractivity (Wildman–Crippen MR) is 95.4 cm³/mol. The van der Waals surface area contributed by atoms with Gasteiger partial charge in [0.05, 0.1) is 23.0 Å². The van der Waals surface area contributed by atoms with Crippen molar-refractivity contribution in [1.29, 1.82) is 0 Å². The maximum Gasteiger partial charge on any atom is 0.291 e. The fourth-order valence-corrected chi connectivity index (χ4v) is 4.18. The van der Waals surface area contributed by atoms with E-state index in [1.165, 1.54) is 10.4 Å². The van der Waals surface area contributed by atoms with Gasteiger partial charge in [-0.15, -0.1) is 11.3 Å². The van der Waals surface area contributed by atoms with Crippen molar-refractivity contribution in [3.63, 3.8) is 0 Å². The van der Waals surface area contributed by atoms with Gasteiger partial charge < -0.3 is 4.57 Å². The van der Waals surface area contributed by atoms with Gasteiger partial charge in [0, 0.05) is 17.3 Å². The van der Waals surface area contributed by atoms with Crippen LogP contribution in [0.25, 0.3) is 21.1 Å². The summed E-state index contributed by atoms with van der Waals surface area (Å²) in [5.74, 6) is 0. The lowest BCUT2D eigenvalue weighted by Crippen LogP contribution is -2.24. The van der Waals surface area contributed by atoms with Crippen molar-refractivity contribution in [3.8, 4) is 0 Å². The van der Waals surface area contributed by atoms with E-state index in [9.17, 15) is 4.79 Å². The molecule has 0 saturated heterocycles. The highest BCUT2D eigenvalue weighted by molar-refractivity contribution is 7.20. The maximum atomic E-state index is 12.9. The van der Waals surface area contributed by atoms with Gasteiger partial charge in [0.25, 0.3) is 5.56 Å². The summed E-state index contributed by atoms with van der Waals surface area (Å²) in [6, 6.07) is 10.3. The number of hydrogen-bond donors (Lipinski definition) is 0. The molecule has 0 bridgehead atoms. The molecule has 3 aromatic heterocycles. The third-order valence-electron chi connectivity index (χ3n) is 4.21. The summed E-state index contributed by atoms with van der Waals surface area (Å²) in [6.07, 6.45) is 1.82. The van der Waals surface area contributed by atoms with E-state index in [-0.39, 0.29) is 5.56 Å². The summed E-state index contributed by atoms with van der Waals surface area (Å²) in [5.41, 5.74) is 4.08. The molecule has 0 amide bonds. The van der Waals surface area contributed by atoms with Crippen LogP contribution in [-0.4, -0.2) is 14.3 Å². The summed E-state index contributed by atoms with van der Waals surface area (Å²) in [7, 11) is 1.95. The first-order valence-corrected chi connectivity index (χ1v) is 8.36. The van der Waals surface area contributed by atoms with Gasteiger partial charge in [-0.3, -0.25) is 4.79 Å². The van der Waals surface area contributed by atoms with Crippen LogP contribution in [0.15, 0.2) is 41.3 Å². The molecule has 23 heavy (non-hydrogen) atoms. The average Bonchev–Trinajstić information content (AvgIpc) is 3.00. The van der Waals surface area contributed by atoms with Crippen LogP contribution in [0.1, 0.15) is 16.0 Å². The Morgan fingerprint density at radius 2 is 2.04 bits per heavy atom. The molecule has 0 saturated carbocycles. The lowest BCUT2D eigenvalue weighted by molar-refractivity contribution is 0.644. The van der Waals surface area contributed by atoms with Crippen molar-refractivity contribution in [2.24, 2.45) is 7.05 Å². The second-order valence-electron chi connectivity index (χ2n) is 5.99. The zero-order valence-electron chi connectivity index (χ0n) is 13.3. The van der Waals surface area contributed by atoms with E-state index < -0.39 is 0 Å². The summed E-state index contributed by atoms with van der Waals surface area (Å²) < 4.78 is 4.69. The highest BCUT2D eigenvalue weighted by Crippen LogP contribution is 2.32. The highest BCUT2D eigenvalue weighted by Gasteiger charge is 2.15. The van der Waals surface area contributed by atoms with Crippen LogP contribution in [0.2, 0.25) is 0 Å². The molecule has 0 radical (unpaired) electrons. The zero-order valence-corrected chi connectivity index (χ0v) is 14.1. The molecular formula is C18H17N3OS. The fourth-order valence-electron chi connectivity index (χ4n) is 3.13. The number of benzene rings is 1. The molecule has 0 spiro atoms. The van der Waals surface area contributed by atoms with Crippen LogP contribution >= 0.6 is 11.3 Å². The third-order valence-corrected chi connectivity index (χ3v) is 5.28. The highest BCUT2D eigenvalue weighted by atomic mass is 32.1. The topological polar surface area (TPSA) is 39.8 Å². The Hall–Kier alpha value is -2.40. The summed E-state index contributed by atoms with van der Waals surface area (Å²) in [6.45, 7) is 4.63. The van der Waals surface area contributed by atoms with Crippen LogP contribution in [0.4, 0.5) is 0 Å². The van der Waals surface area contributed by atoms with E-state index in [2.05, 4.69) is 37.1 Å². The van der Waals surface area contributed by atoms with Crippen molar-refractivity contribution in [1.82, 2.24) is 14.3 Å². The third kappa shape index (κ3) is 2.19. The van der Waals surface area contributed by atoms with Gasteiger partial charge in [-0.25, -0.2) is 4.68 Å². The molecule has 3 heterocycles. The van der Waals surface area contributed by atoms with Crippen LogP contribution in [0.5, 0.6) is 0 Å². The van der Waals surface area contributed by atoms with Gasteiger partial charge in [-0.05, 0) is 25.5 Å². The monoisotopic (exact) mass is 323 g/mol. The quantitative estimate of drug-likeness (QED) is 0.565. The molecule has 4 rings (SSSR count). The Bertz CT molecular complexity index is 1100. The molecule has 0 atom stereocenters. The van der Waals surface area contributed by atoms with Crippen molar-refractivity contribution < 1.29 is 0 Å². The molecule has 4 aromatic rings. The van der Waals surface area contributed by atoms with E-state index in [1.54, 1.807) is 16.0 Å². The molecule has 0 fully saturated rings. The van der Waals surface area contributed by atoms with E-state index in [1.807, 2.05) is 29.9 Å². The number of rotatable bonds is 2. The lowest BCUT2D eigenvalue weighted by atomic mass is 10.1. The van der Waals surface area contributed by atoms with Gasteiger partial charge in [-0.1, -0.05) is 29.8 Å². The average molecular weight is 323 g/mol. The van der Waals surface area contributed by atoms with Gasteiger partial charge in [0.15, 0.2) is 0 Å². The minimum absolute atomic E-state index is 0.0347. The Morgan fingerprint density at radius 1 is 1.22 bits per heavy atom. The number of fused-ring (bicyclic) bond motifs is 3. The van der Waals surface area contributed by atoms with Gasteiger partial charge in [0.1, 0.15) is 5.52 Å². The molecule has 5 heteroatoms. The normalized spacial score (nSPS) is 11.6. The molecule has 0 aliphatic heterocycles. The van der Waals surface area contributed by atoms with Crippen LogP contribution in [0, 0.1) is 13.8 Å². The van der Waals surface area contributed by atoms with E-state index in [4.69, 9.17) is 0 Å². The minimum Gasteiger partial charge on any atom is -0.338 e. The zero-order chi connectivity index (χ0) is 16.1. The molecule has 0 N–H and O–H groups in total. The molecule has 116 valence electrons. The molecule has 4 nitrogen and oxygen atoms in total. The molecular weight excluding hydrogens is 306 g/mol. The number of aryl methyl sites for hydroxylation is 3. The molecule has 0 unspecified atom stereocenters. The second-order valence-corrected chi connectivity index (χ2v) is 7.25. The van der Waals surface area contributed by atoms with E-state index >= 15 is 0 Å². The summed E-state index contributed by atoms with van der Waals surface area (Å²) in [4.78, 5) is 14.1. The first-order valence-electron chi connectivity index (χ1n) is 7.55. The Balaban J connectivity index is 1.91. The summed E-state index contributed by atoms with van der Waals surface area (Å²) in [5, 5.41) is 5.35. The van der Waals surface area contributed by atoms with Gasteiger partial charge in [0.2, 0.25) is 0 Å². The summed E-state index contributed by atoms with van der Waals surface area (Å²) >= 11 is 1.71. The van der Waals surface area contributed by atoms with Crippen LogP contribution in [0.3, 0.4) is 0 Å². The Morgan fingerprint density at radius 3 is 2.83 bits per heavy atom. The second kappa shape index (κ2) is 5.06. The number of nitrogens with zero attached hydrogens (tertiary/aromatic N) is 3. The lowest BCUT2D eigenvalue weighted by Gasteiger charge is -2.06. The fraction of sp³-hybridized carbons (Fsp3) is 0.222. The van der Waals surface area contributed by atoms with E-state index in [0.29, 0.717) is 6.54 Å². The molecule has 1 aromatic carbocycles. The van der Waals surface area contributed by atoms with E-state index in [0.717, 1.165) is 26.7 Å². The van der Waals surface area contributed by atoms with Crippen molar-refractivity contribution in [2.75, 3.05) is 0 Å². The van der Waals surface area contributed by atoms with Crippen molar-refractivity contribution in [3.05, 3.63) is 62.9 Å². The molecule has 0 aliphatic carbocycles. The smallest absolute Gasteiger partial charge is 0.291 e. The Labute approximate surface area is 137 Å². The van der Waals surface area contributed by atoms with Gasteiger partial charge >= 0.3 is 0 Å².